The number of carbonyl (C=O) groups excluding carboxylic acids is 1. The highest BCUT2D eigenvalue weighted by Crippen LogP contribution is 2.20. The maximum atomic E-state index is 13.8. The summed E-state index contributed by atoms with van der Waals surface area (Å²) in [5.41, 5.74) is 0. The largest absolute Gasteiger partial charge is 0.351 e. The predicted molar refractivity (Wildman–Crippen MR) is 88.5 cm³/mol. The van der Waals surface area contributed by atoms with Crippen molar-refractivity contribution < 1.29 is 26.9 Å². The first kappa shape index (κ1) is 19.7. The first-order chi connectivity index (χ1) is 11.7. The number of rotatable bonds is 6. The molecule has 1 aromatic carbocycles. The van der Waals surface area contributed by atoms with E-state index in [1.165, 1.54) is 0 Å². The summed E-state index contributed by atoms with van der Waals surface area (Å²) in [7, 11) is -4.08. The fourth-order valence-electron chi connectivity index (χ4n) is 2.64. The van der Waals surface area contributed by atoms with Crippen molar-refractivity contribution >= 4 is 15.9 Å². The van der Waals surface area contributed by atoms with E-state index in [4.69, 9.17) is 0 Å². The van der Waals surface area contributed by atoms with E-state index in [1.807, 2.05) is 13.8 Å². The Bertz CT molecular complexity index is 717. The molecule has 0 aliphatic carbocycles. The molecule has 1 amide bonds. The van der Waals surface area contributed by atoms with E-state index >= 15 is 0 Å². The summed E-state index contributed by atoms with van der Waals surface area (Å²) >= 11 is 0. The van der Waals surface area contributed by atoms with Crippen LogP contribution in [0, 0.1) is 17.6 Å². The van der Waals surface area contributed by atoms with Gasteiger partial charge in [-0.2, -0.15) is 4.31 Å². The fraction of sp³-hybridized carbons (Fsp3) is 0.562. The molecular weight excluding hydrogens is 352 g/mol. The highest BCUT2D eigenvalue weighted by atomic mass is 32.2. The second-order valence-electron chi connectivity index (χ2n) is 6.60. The molecule has 0 saturated carbocycles. The van der Waals surface area contributed by atoms with Gasteiger partial charge >= 0.3 is 0 Å². The van der Waals surface area contributed by atoms with Crippen molar-refractivity contribution in [1.82, 2.24) is 9.62 Å². The summed E-state index contributed by atoms with van der Waals surface area (Å²) in [6, 6.07) is 2.39. The van der Waals surface area contributed by atoms with E-state index in [0.717, 1.165) is 21.3 Å². The average molecular weight is 376 g/mol. The third-order valence-corrected chi connectivity index (χ3v) is 5.97. The van der Waals surface area contributed by atoms with Gasteiger partial charge in [-0.1, -0.05) is 13.8 Å². The van der Waals surface area contributed by atoms with Gasteiger partial charge in [0, 0.05) is 6.54 Å². The van der Waals surface area contributed by atoms with Crippen LogP contribution in [0.5, 0.6) is 0 Å². The Labute approximate surface area is 146 Å². The van der Waals surface area contributed by atoms with Crippen molar-refractivity contribution in [2.75, 3.05) is 39.3 Å². The van der Waals surface area contributed by atoms with E-state index in [9.17, 15) is 22.0 Å². The Morgan fingerprint density at radius 1 is 1.28 bits per heavy atom. The average Bonchev–Trinajstić information content (AvgIpc) is 2.55. The first-order valence-electron chi connectivity index (χ1n) is 8.25. The lowest BCUT2D eigenvalue weighted by molar-refractivity contribution is -0.895. The number of hydrogen-bond acceptors (Lipinski definition) is 3. The van der Waals surface area contributed by atoms with Gasteiger partial charge in [0.15, 0.2) is 6.54 Å². The summed E-state index contributed by atoms with van der Waals surface area (Å²) < 4.78 is 53.2. The van der Waals surface area contributed by atoms with Crippen LogP contribution in [0.25, 0.3) is 0 Å². The van der Waals surface area contributed by atoms with E-state index in [1.54, 1.807) is 0 Å². The van der Waals surface area contributed by atoms with Crippen LogP contribution < -0.4 is 10.2 Å². The van der Waals surface area contributed by atoms with E-state index in [2.05, 4.69) is 5.32 Å². The van der Waals surface area contributed by atoms with Crippen molar-refractivity contribution in [1.29, 1.82) is 0 Å². The molecule has 1 saturated heterocycles. The van der Waals surface area contributed by atoms with Gasteiger partial charge in [0.2, 0.25) is 10.0 Å². The summed E-state index contributed by atoms with van der Waals surface area (Å²) in [5.74, 6) is -1.48. The monoisotopic (exact) mass is 376 g/mol. The van der Waals surface area contributed by atoms with Crippen LogP contribution in [-0.4, -0.2) is 57.9 Å². The molecule has 0 atom stereocenters. The number of sulfonamides is 1. The molecule has 6 nitrogen and oxygen atoms in total. The molecule has 25 heavy (non-hydrogen) atoms. The van der Waals surface area contributed by atoms with Crippen LogP contribution in [0.2, 0.25) is 0 Å². The number of amides is 1. The molecule has 0 aromatic heterocycles. The van der Waals surface area contributed by atoms with Gasteiger partial charge in [0.1, 0.15) is 16.5 Å². The molecule has 2 rings (SSSR count). The Morgan fingerprint density at radius 3 is 2.52 bits per heavy atom. The molecular formula is C16H24F2N3O3S+. The van der Waals surface area contributed by atoms with Crippen LogP contribution in [-0.2, 0) is 14.8 Å². The van der Waals surface area contributed by atoms with Gasteiger partial charge in [0.05, 0.1) is 26.2 Å². The molecule has 1 heterocycles. The van der Waals surface area contributed by atoms with Gasteiger partial charge in [-0.05, 0) is 24.1 Å². The van der Waals surface area contributed by atoms with E-state index in [-0.39, 0.29) is 25.5 Å². The number of nitrogens with zero attached hydrogens (tertiary/aromatic N) is 1. The zero-order chi connectivity index (χ0) is 18.6. The normalized spacial score (nSPS) is 17.0. The Balaban J connectivity index is 1.95. The van der Waals surface area contributed by atoms with Crippen molar-refractivity contribution in [2.45, 2.75) is 18.7 Å². The zero-order valence-corrected chi connectivity index (χ0v) is 15.2. The Hall–Kier alpha value is -1.58. The van der Waals surface area contributed by atoms with Gasteiger partial charge in [0.25, 0.3) is 5.91 Å². The van der Waals surface area contributed by atoms with Gasteiger partial charge in [-0.3, -0.25) is 4.79 Å². The van der Waals surface area contributed by atoms with Gasteiger partial charge in [-0.15, -0.1) is 0 Å². The first-order valence-corrected chi connectivity index (χ1v) is 9.69. The van der Waals surface area contributed by atoms with Crippen molar-refractivity contribution in [2.24, 2.45) is 5.92 Å². The summed E-state index contributed by atoms with van der Waals surface area (Å²) in [6.07, 6.45) is 0. The quantitative estimate of drug-likeness (QED) is 0.712. The highest BCUT2D eigenvalue weighted by Gasteiger charge is 2.33. The third-order valence-electron chi connectivity index (χ3n) is 4.06. The number of nitrogens with one attached hydrogen (secondary N) is 2. The third kappa shape index (κ3) is 5.20. The number of piperazine rings is 1. The molecule has 1 aromatic rings. The molecule has 2 N–H and O–H groups in total. The van der Waals surface area contributed by atoms with Crippen LogP contribution in [0.1, 0.15) is 13.8 Å². The van der Waals surface area contributed by atoms with Crippen LogP contribution in [0.15, 0.2) is 23.1 Å². The van der Waals surface area contributed by atoms with Crippen molar-refractivity contribution in [3.8, 4) is 0 Å². The van der Waals surface area contributed by atoms with Crippen molar-refractivity contribution in [3.63, 3.8) is 0 Å². The number of quaternary nitrogens is 1. The van der Waals surface area contributed by atoms with Crippen LogP contribution in [0.4, 0.5) is 8.78 Å². The molecule has 0 radical (unpaired) electrons. The SMILES string of the molecule is CC(C)CNC(=O)C[NH+]1CCN(S(=O)(=O)c2cc(F)ccc2F)CC1. The van der Waals surface area contributed by atoms with Crippen LogP contribution >= 0.6 is 0 Å². The summed E-state index contributed by atoms with van der Waals surface area (Å²) in [6.45, 7) is 6.07. The highest BCUT2D eigenvalue weighted by molar-refractivity contribution is 7.89. The van der Waals surface area contributed by atoms with Crippen molar-refractivity contribution in [3.05, 3.63) is 29.8 Å². The molecule has 0 spiro atoms. The van der Waals surface area contributed by atoms with Gasteiger partial charge in [-0.25, -0.2) is 17.2 Å². The molecule has 140 valence electrons. The lowest BCUT2D eigenvalue weighted by Crippen LogP contribution is -3.15. The minimum absolute atomic E-state index is 0.0730. The number of hydrogen-bond donors (Lipinski definition) is 2. The number of benzene rings is 1. The maximum absolute atomic E-state index is 13.8. The molecule has 1 fully saturated rings. The molecule has 1 aliphatic heterocycles. The molecule has 0 unspecified atom stereocenters. The molecule has 0 bridgehead atoms. The summed E-state index contributed by atoms with van der Waals surface area (Å²) in [4.78, 5) is 12.2. The van der Waals surface area contributed by atoms with E-state index in [0.29, 0.717) is 31.6 Å². The Morgan fingerprint density at radius 2 is 1.92 bits per heavy atom. The summed E-state index contributed by atoms with van der Waals surface area (Å²) in [5, 5.41) is 2.83. The smallest absolute Gasteiger partial charge is 0.275 e. The second-order valence-corrected chi connectivity index (χ2v) is 8.51. The predicted octanol–water partition coefficient (Wildman–Crippen LogP) is -0.374. The second kappa shape index (κ2) is 8.20. The van der Waals surface area contributed by atoms with Gasteiger partial charge < -0.3 is 10.2 Å². The lowest BCUT2D eigenvalue weighted by Gasteiger charge is -2.31. The number of carbonyl (C=O) groups is 1. The Kier molecular flexibility index (Phi) is 6.47. The maximum Gasteiger partial charge on any atom is 0.275 e. The lowest BCUT2D eigenvalue weighted by atomic mass is 10.2. The topological polar surface area (TPSA) is 70.9 Å². The fourth-order valence-corrected chi connectivity index (χ4v) is 4.16. The molecule has 1 aliphatic rings. The standard InChI is InChI=1S/C16H23F2N3O3S/c1-12(2)10-19-16(22)11-20-5-7-21(8-6-20)25(23,24)15-9-13(17)3-4-14(15)18/h3-4,9,12H,5-8,10-11H2,1-2H3,(H,19,22)/p+1. The number of halogens is 2. The van der Waals surface area contributed by atoms with E-state index < -0.39 is 26.6 Å². The van der Waals surface area contributed by atoms with Crippen LogP contribution in [0.3, 0.4) is 0 Å². The minimum Gasteiger partial charge on any atom is -0.351 e. The zero-order valence-electron chi connectivity index (χ0n) is 14.4. The molecule has 9 heteroatoms. The minimum atomic E-state index is -4.08.